The van der Waals surface area contributed by atoms with Gasteiger partial charge in [0.2, 0.25) is 0 Å². The van der Waals surface area contributed by atoms with Gasteiger partial charge in [0.1, 0.15) is 0 Å². The molecule has 0 aliphatic rings. The molecule has 4 heteroatoms. The fraction of sp³-hybridized carbons (Fsp3) is 0.444. The first-order valence-electron chi connectivity index (χ1n) is 3.92. The Balaban J connectivity index is 0. The van der Waals surface area contributed by atoms with Crippen LogP contribution in [-0.4, -0.2) is 26.7 Å². The van der Waals surface area contributed by atoms with E-state index in [4.69, 9.17) is 4.74 Å². The van der Waals surface area contributed by atoms with Crippen molar-refractivity contribution in [2.45, 2.75) is 6.42 Å². The van der Waals surface area contributed by atoms with E-state index in [9.17, 15) is 4.79 Å². The number of hydrogen-bond acceptors (Lipinski definition) is 2. The highest BCUT2D eigenvalue weighted by Crippen LogP contribution is 1.84. The van der Waals surface area contributed by atoms with Gasteiger partial charge in [0, 0.05) is 12.5 Å². The summed E-state index contributed by atoms with van der Waals surface area (Å²) < 4.78 is 4.76. The molecule has 76 valence electrons. The predicted octanol–water partition coefficient (Wildman–Crippen LogP) is -3.23. The number of quaternary nitrogens is 1. The van der Waals surface area contributed by atoms with Gasteiger partial charge in [0.15, 0.2) is 0 Å². The number of esters is 1. The number of rotatable bonds is 5. The maximum absolute atomic E-state index is 10.5. The number of carbonyl (C=O) groups excluding carboxylic acids is 1. The van der Waals surface area contributed by atoms with E-state index in [-0.39, 0.29) is 18.4 Å². The smallest absolute Gasteiger partial charge is 0.330 e. The Morgan fingerprint density at radius 2 is 2.15 bits per heavy atom. The molecule has 3 nitrogen and oxygen atoms in total. The summed E-state index contributed by atoms with van der Waals surface area (Å²) >= 11 is 0. The van der Waals surface area contributed by atoms with Crippen molar-refractivity contribution in [2.75, 3.05) is 20.7 Å². The van der Waals surface area contributed by atoms with Crippen LogP contribution in [0.1, 0.15) is 6.42 Å². The van der Waals surface area contributed by atoms with Gasteiger partial charge in [-0.1, -0.05) is 6.58 Å². The number of halogens is 1. The number of ether oxygens (including phenoxy) is 1. The monoisotopic (exact) mass is 205 g/mol. The quantitative estimate of drug-likeness (QED) is 0.291. The molecule has 0 aromatic rings. The third-order valence-corrected chi connectivity index (χ3v) is 1.15. The van der Waals surface area contributed by atoms with Crippen LogP contribution >= 0.6 is 0 Å². The Kier molecular flexibility index (Phi) is 10.5. The minimum Gasteiger partial charge on any atom is -1.00 e. The second-order valence-electron chi connectivity index (χ2n) is 2.64. The van der Waals surface area contributed by atoms with Gasteiger partial charge in [-0.05, 0) is 6.08 Å². The lowest BCUT2D eigenvalue weighted by atomic mass is 10.4. The van der Waals surface area contributed by atoms with E-state index in [1.54, 1.807) is 0 Å². The van der Waals surface area contributed by atoms with Gasteiger partial charge in [0.05, 0.1) is 26.9 Å². The van der Waals surface area contributed by atoms with Crippen LogP contribution in [0.4, 0.5) is 0 Å². The fourth-order valence-corrected chi connectivity index (χ4v) is 0.606. The molecular formula is C9H16ClNO2. The van der Waals surface area contributed by atoms with Crippen LogP contribution < -0.4 is 17.3 Å². The van der Waals surface area contributed by atoms with Crippen molar-refractivity contribution in [3.05, 3.63) is 24.9 Å². The maximum Gasteiger partial charge on any atom is 0.330 e. The maximum atomic E-state index is 10.5. The van der Waals surface area contributed by atoms with Crippen molar-refractivity contribution in [3.8, 4) is 0 Å². The van der Waals surface area contributed by atoms with Crippen LogP contribution in [0.25, 0.3) is 0 Å². The molecule has 0 aromatic heterocycles. The van der Waals surface area contributed by atoms with Crippen LogP contribution in [0.2, 0.25) is 0 Å². The van der Waals surface area contributed by atoms with Gasteiger partial charge in [-0.3, -0.25) is 0 Å². The van der Waals surface area contributed by atoms with Gasteiger partial charge in [-0.25, -0.2) is 4.79 Å². The first kappa shape index (κ1) is 14.7. The highest BCUT2D eigenvalue weighted by atomic mass is 35.5. The third-order valence-electron chi connectivity index (χ3n) is 1.15. The van der Waals surface area contributed by atoms with E-state index in [0.29, 0.717) is 6.61 Å². The molecule has 0 aliphatic heterocycles. The zero-order valence-electron chi connectivity index (χ0n) is 8.05. The molecule has 0 unspecified atom stereocenters. The van der Waals surface area contributed by atoms with Gasteiger partial charge in [0.25, 0.3) is 0 Å². The molecule has 0 rings (SSSR count). The average Bonchev–Trinajstić information content (AvgIpc) is 2.03. The fourth-order valence-electron chi connectivity index (χ4n) is 0.606. The molecule has 1 N–H and O–H groups in total. The molecular weight excluding hydrogens is 190 g/mol. The lowest BCUT2D eigenvalue weighted by Crippen LogP contribution is -3.00. The average molecular weight is 206 g/mol. The minimum atomic E-state index is -0.361. The summed E-state index contributed by atoms with van der Waals surface area (Å²) in [5.74, 6) is -0.361. The molecule has 0 saturated heterocycles. The SMILES string of the molecule is C=CC(=O)OCCC=C[NH+](C)C.[Cl-]. The van der Waals surface area contributed by atoms with E-state index in [0.717, 1.165) is 6.42 Å². The zero-order chi connectivity index (χ0) is 9.40. The van der Waals surface area contributed by atoms with E-state index in [2.05, 4.69) is 6.58 Å². The summed E-state index contributed by atoms with van der Waals surface area (Å²) in [4.78, 5) is 11.8. The van der Waals surface area contributed by atoms with E-state index in [1.165, 1.54) is 11.0 Å². The second-order valence-corrected chi connectivity index (χ2v) is 2.64. The Morgan fingerprint density at radius 3 is 2.62 bits per heavy atom. The number of nitrogens with one attached hydrogen (secondary N) is 1. The summed E-state index contributed by atoms with van der Waals surface area (Å²) in [6.07, 6.45) is 5.90. The molecule has 0 aromatic carbocycles. The van der Waals surface area contributed by atoms with E-state index >= 15 is 0 Å². The Labute approximate surface area is 85.5 Å². The molecule has 0 aliphatic carbocycles. The predicted molar refractivity (Wildman–Crippen MR) is 47.7 cm³/mol. The topological polar surface area (TPSA) is 30.7 Å². The summed E-state index contributed by atoms with van der Waals surface area (Å²) in [5.41, 5.74) is 0. The molecule has 0 amide bonds. The van der Waals surface area contributed by atoms with Crippen LogP contribution in [0.5, 0.6) is 0 Å². The largest absolute Gasteiger partial charge is 1.00 e. The normalized spacial score (nSPS) is 9.77. The van der Waals surface area contributed by atoms with Crippen molar-refractivity contribution in [1.82, 2.24) is 0 Å². The Morgan fingerprint density at radius 1 is 1.54 bits per heavy atom. The minimum absolute atomic E-state index is 0. The van der Waals surface area contributed by atoms with Crippen molar-refractivity contribution in [2.24, 2.45) is 0 Å². The summed E-state index contributed by atoms with van der Waals surface area (Å²) in [7, 11) is 4.04. The molecule has 0 radical (unpaired) electrons. The number of hydrogen-bond donors (Lipinski definition) is 1. The van der Waals surface area contributed by atoms with Crippen LogP contribution in [0.3, 0.4) is 0 Å². The molecule has 0 spiro atoms. The first-order chi connectivity index (χ1) is 5.66. The molecule has 0 saturated carbocycles. The van der Waals surface area contributed by atoms with Crippen molar-refractivity contribution in [1.29, 1.82) is 0 Å². The van der Waals surface area contributed by atoms with Crippen LogP contribution in [0, 0.1) is 0 Å². The van der Waals surface area contributed by atoms with Gasteiger partial charge >= 0.3 is 5.97 Å². The molecule has 0 fully saturated rings. The number of carbonyl (C=O) groups is 1. The van der Waals surface area contributed by atoms with Gasteiger partial charge < -0.3 is 22.0 Å². The summed E-state index contributed by atoms with van der Waals surface area (Å²) in [5, 5.41) is 0. The van der Waals surface area contributed by atoms with Crippen LogP contribution in [0.15, 0.2) is 24.9 Å². The highest BCUT2D eigenvalue weighted by molar-refractivity contribution is 5.81. The van der Waals surface area contributed by atoms with Crippen molar-refractivity contribution >= 4 is 5.97 Å². The molecule has 13 heavy (non-hydrogen) atoms. The summed E-state index contributed by atoms with van der Waals surface area (Å²) in [6, 6.07) is 0. The first-order valence-corrected chi connectivity index (χ1v) is 3.92. The molecule has 0 heterocycles. The molecule has 0 bridgehead atoms. The van der Waals surface area contributed by atoms with E-state index < -0.39 is 0 Å². The summed E-state index contributed by atoms with van der Waals surface area (Å²) in [6.45, 7) is 3.72. The van der Waals surface area contributed by atoms with Crippen molar-refractivity contribution < 1.29 is 26.8 Å². The molecule has 0 atom stereocenters. The zero-order valence-corrected chi connectivity index (χ0v) is 8.80. The van der Waals surface area contributed by atoms with Gasteiger partial charge in [-0.15, -0.1) is 0 Å². The lowest BCUT2D eigenvalue weighted by molar-refractivity contribution is -0.801. The van der Waals surface area contributed by atoms with Crippen LogP contribution in [-0.2, 0) is 9.53 Å². The third kappa shape index (κ3) is 11.2. The second kappa shape index (κ2) is 9.29. The van der Waals surface area contributed by atoms with Crippen molar-refractivity contribution in [3.63, 3.8) is 0 Å². The lowest BCUT2D eigenvalue weighted by Gasteiger charge is -1.98. The van der Waals surface area contributed by atoms with E-state index in [1.807, 2.05) is 26.4 Å². The highest BCUT2D eigenvalue weighted by Gasteiger charge is 1.92. The standard InChI is InChI=1S/C9H15NO2.ClH/c1-4-9(11)12-8-6-5-7-10(2)3;/h4-5,7H,1,6,8H2,2-3H3;1H. The Bertz CT molecular complexity index is 178. The Hall–Kier alpha value is -0.800. The van der Waals surface area contributed by atoms with Gasteiger partial charge in [-0.2, -0.15) is 0 Å².